The van der Waals surface area contributed by atoms with E-state index < -0.39 is 6.10 Å². The van der Waals surface area contributed by atoms with E-state index in [0.29, 0.717) is 16.9 Å². The van der Waals surface area contributed by atoms with Gasteiger partial charge >= 0.3 is 0 Å². The van der Waals surface area contributed by atoms with Crippen molar-refractivity contribution in [2.75, 3.05) is 0 Å². The largest absolute Gasteiger partial charge is 0.386 e. The van der Waals surface area contributed by atoms with E-state index in [0.717, 1.165) is 12.1 Å². The molecule has 0 saturated heterocycles. The lowest BCUT2D eigenvalue weighted by Gasteiger charge is -2.24. The van der Waals surface area contributed by atoms with E-state index in [2.05, 4.69) is 25.9 Å². The van der Waals surface area contributed by atoms with Crippen LogP contribution in [0.3, 0.4) is 0 Å². The minimum absolute atomic E-state index is 0.226. The van der Waals surface area contributed by atoms with E-state index in [9.17, 15) is 5.11 Å². The van der Waals surface area contributed by atoms with Gasteiger partial charge in [0.1, 0.15) is 6.10 Å². The standard InChI is InChI=1S/C13H21ClN2O/c1-8(2)16-12(11(14)7-15-16)13(17)10-6-4-5-9(10)3/h7-10,13,17H,4-6H2,1-3H3. The van der Waals surface area contributed by atoms with Crippen molar-refractivity contribution in [3.63, 3.8) is 0 Å². The first kappa shape index (κ1) is 12.9. The Labute approximate surface area is 108 Å². The fraction of sp³-hybridized carbons (Fsp3) is 0.769. The van der Waals surface area contributed by atoms with Crippen LogP contribution < -0.4 is 0 Å². The maximum Gasteiger partial charge on any atom is 0.100 e. The third-order valence-electron chi connectivity index (χ3n) is 3.89. The molecule has 3 atom stereocenters. The Morgan fingerprint density at radius 2 is 2.18 bits per heavy atom. The van der Waals surface area contributed by atoms with Crippen molar-refractivity contribution in [2.45, 2.75) is 52.2 Å². The van der Waals surface area contributed by atoms with E-state index in [-0.39, 0.29) is 6.04 Å². The molecule has 1 aromatic rings. The molecular formula is C13H21ClN2O. The summed E-state index contributed by atoms with van der Waals surface area (Å²) in [6, 6.07) is 0.226. The van der Waals surface area contributed by atoms with E-state index in [1.807, 2.05) is 4.68 Å². The highest BCUT2D eigenvalue weighted by atomic mass is 35.5. The SMILES string of the molecule is CC1CCCC1C(O)c1c(Cl)cnn1C(C)C. The summed E-state index contributed by atoms with van der Waals surface area (Å²) in [7, 11) is 0. The molecule has 0 aromatic carbocycles. The van der Waals surface area contributed by atoms with E-state index in [1.54, 1.807) is 6.20 Å². The number of hydrogen-bond acceptors (Lipinski definition) is 2. The number of halogens is 1. The zero-order valence-electron chi connectivity index (χ0n) is 10.7. The third-order valence-corrected chi connectivity index (χ3v) is 4.18. The first-order valence-corrected chi connectivity index (χ1v) is 6.81. The normalized spacial score (nSPS) is 26.7. The molecule has 0 aliphatic heterocycles. The third kappa shape index (κ3) is 2.36. The van der Waals surface area contributed by atoms with Crippen LogP contribution in [0.15, 0.2) is 6.20 Å². The van der Waals surface area contributed by atoms with Gasteiger partial charge in [0, 0.05) is 6.04 Å². The number of rotatable bonds is 3. The monoisotopic (exact) mass is 256 g/mol. The lowest BCUT2D eigenvalue weighted by Crippen LogP contribution is -2.20. The lowest BCUT2D eigenvalue weighted by atomic mass is 9.90. The molecule has 1 saturated carbocycles. The number of aliphatic hydroxyl groups is 1. The Morgan fingerprint density at radius 1 is 1.47 bits per heavy atom. The predicted octanol–water partition coefficient (Wildman–Crippen LogP) is 3.59. The number of aromatic nitrogens is 2. The zero-order chi connectivity index (χ0) is 12.6. The summed E-state index contributed by atoms with van der Waals surface area (Å²) in [5.74, 6) is 0.887. The van der Waals surface area contributed by atoms with Crippen LogP contribution in [0.2, 0.25) is 5.02 Å². The van der Waals surface area contributed by atoms with Crippen LogP contribution in [0.25, 0.3) is 0 Å². The van der Waals surface area contributed by atoms with Gasteiger partial charge < -0.3 is 5.11 Å². The molecule has 3 nitrogen and oxygen atoms in total. The van der Waals surface area contributed by atoms with Crippen molar-refractivity contribution >= 4 is 11.6 Å². The van der Waals surface area contributed by atoms with Gasteiger partial charge in [-0.15, -0.1) is 0 Å². The van der Waals surface area contributed by atoms with Crippen LogP contribution >= 0.6 is 11.6 Å². The summed E-state index contributed by atoms with van der Waals surface area (Å²) < 4.78 is 1.85. The summed E-state index contributed by atoms with van der Waals surface area (Å²) in [4.78, 5) is 0. The van der Waals surface area contributed by atoms with Crippen molar-refractivity contribution in [1.29, 1.82) is 0 Å². The molecule has 0 radical (unpaired) electrons. The van der Waals surface area contributed by atoms with Gasteiger partial charge in [0.05, 0.1) is 16.9 Å². The minimum Gasteiger partial charge on any atom is -0.386 e. The second kappa shape index (κ2) is 4.99. The quantitative estimate of drug-likeness (QED) is 0.898. The Balaban J connectivity index is 2.29. The van der Waals surface area contributed by atoms with Gasteiger partial charge in [0.25, 0.3) is 0 Å². The van der Waals surface area contributed by atoms with Gasteiger partial charge in [-0.25, -0.2) is 0 Å². The minimum atomic E-state index is -0.482. The van der Waals surface area contributed by atoms with Gasteiger partial charge in [0.15, 0.2) is 0 Å². The van der Waals surface area contributed by atoms with Gasteiger partial charge in [0.2, 0.25) is 0 Å². The average Bonchev–Trinajstić information content (AvgIpc) is 2.83. The molecule has 1 aliphatic carbocycles. The fourth-order valence-electron chi connectivity index (χ4n) is 2.88. The van der Waals surface area contributed by atoms with Crippen molar-refractivity contribution in [1.82, 2.24) is 9.78 Å². The Kier molecular flexibility index (Phi) is 3.79. The number of aliphatic hydroxyl groups excluding tert-OH is 1. The molecule has 2 rings (SSSR count). The highest BCUT2D eigenvalue weighted by molar-refractivity contribution is 6.31. The highest BCUT2D eigenvalue weighted by Crippen LogP contribution is 2.42. The van der Waals surface area contributed by atoms with Crippen molar-refractivity contribution in [3.8, 4) is 0 Å². The van der Waals surface area contributed by atoms with Crippen LogP contribution in [0.5, 0.6) is 0 Å². The van der Waals surface area contributed by atoms with Crippen LogP contribution in [-0.4, -0.2) is 14.9 Å². The van der Waals surface area contributed by atoms with Gasteiger partial charge in [-0.3, -0.25) is 4.68 Å². The summed E-state index contributed by atoms with van der Waals surface area (Å²) in [5.41, 5.74) is 0.792. The molecule has 1 N–H and O–H groups in total. The number of nitrogens with zero attached hydrogens (tertiary/aromatic N) is 2. The fourth-order valence-corrected chi connectivity index (χ4v) is 3.13. The van der Waals surface area contributed by atoms with Crippen LogP contribution in [-0.2, 0) is 0 Å². The molecule has 0 amide bonds. The molecule has 4 heteroatoms. The smallest absolute Gasteiger partial charge is 0.100 e. The zero-order valence-corrected chi connectivity index (χ0v) is 11.5. The highest BCUT2D eigenvalue weighted by Gasteiger charge is 2.34. The molecule has 0 bridgehead atoms. The molecule has 17 heavy (non-hydrogen) atoms. The van der Waals surface area contributed by atoms with Crippen molar-refractivity contribution in [2.24, 2.45) is 11.8 Å². The second-order valence-corrected chi connectivity index (χ2v) is 5.84. The summed E-state index contributed by atoms with van der Waals surface area (Å²) in [5, 5.41) is 15.4. The number of hydrogen-bond donors (Lipinski definition) is 1. The predicted molar refractivity (Wildman–Crippen MR) is 69.1 cm³/mol. The van der Waals surface area contributed by atoms with Gasteiger partial charge in [-0.05, 0) is 32.1 Å². The lowest BCUT2D eigenvalue weighted by molar-refractivity contribution is 0.0804. The Bertz CT molecular complexity index is 389. The van der Waals surface area contributed by atoms with E-state index in [1.165, 1.54) is 12.8 Å². The van der Waals surface area contributed by atoms with Crippen molar-refractivity contribution in [3.05, 3.63) is 16.9 Å². The molecule has 3 unspecified atom stereocenters. The molecule has 1 fully saturated rings. The molecule has 96 valence electrons. The van der Waals surface area contributed by atoms with Crippen LogP contribution in [0, 0.1) is 11.8 Å². The first-order chi connectivity index (χ1) is 8.02. The topological polar surface area (TPSA) is 38.1 Å². The maximum absolute atomic E-state index is 10.5. The molecule has 1 aliphatic rings. The van der Waals surface area contributed by atoms with Gasteiger partial charge in [-0.1, -0.05) is 31.4 Å². The molecule has 1 aromatic heterocycles. The summed E-state index contributed by atoms with van der Waals surface area (Å²) >= 11 is 6.17. The van der Waals surface area contributed by atoms with Crippen molar-refractivity contribution < 1.29 is 5.11 Å². The molecular weight excluding hydrogens is 236 g/mol. The Hall–Kier alpha value is -0.540. The molecule has 1 heterocycles. The van der Waals surface area contributed by atoms with E-state index >= 15 is 0 Å². The van der Waals surface area contributed by atoms with Crippen LogP contribution in [0.1, 0.15) is 57.9 Å². The van der Waals surface area contributed by atoms with Gasteiger partial charge in [-0.2, -0.15) is 5.10 Å². The summed E-state index contributed by atoms with van der Waals surface area (Å²) in [6.45, 7) is 6.32. The maximum atomic E-state index is 10.5. The van der Waals surface area contributed by atoms with E-state index in [4.69, 9.17) is 11.6 Å². The first-order valence-electron chi connectivity index (χ1n) is 6.43. The summed E-state index contributed by atoms with van der Waals surface area (Å²) in [6.07, 6.45) is 4.65. The Morgan fingerprint density at radius 3 is 2.71 bits per heavy atom. The average molecular weight is 257 g/mol. The van der Waals surface area contributed by atoms with Crippen LogP contribution in [0.4, 0.5) is 0 Å². The molecule has 0 spiro atoms. The second-order valence-electron chi connectivity index (χ2n) is 5.43.